The Bertz CT molecular complexity index is 1120. The van der Waals surface area contributed by atoms with Crippen LogP contribution < -0.4 is 5.73 Å². The SMILES string of the molecule is Cc1ccsc1CN(Cc1ccccn1)Cc1cn(CC(N)=O)c2ccccc12. The smallest absolute Gasteiger partial charge is 0.237 e. The second kappa shape index (κ2) is 8.59. The number of fused-ring (bicyclic) bond motifs is 1. The molecule has 4 rings (SSSR count). The van der Waals surface area contributed by atoms with Crippen molar-refractivity contribution < 1.29 is 4.79 Å². The van der Waals surface area contributed by atoms with E-state index in [2.05, 4.69) is 46.6 Å². The fraction of sp³-hybridized carbons (Fsp3) is 0.217. The number of benzene rings is 1. The van der Waals surface area contributed by atoms with Crippen molar-refractivity contribution in [1.29, 1.82) is 0 Å². The minimum Gasteiger partial charge on any atom is -0.368 e. The summed E-state index contributed by atoms with van der Waals surface area (Å²) in [6.45, 7) is 4.72. The van der Waals surface area contributed by atoms with E-state index in [0.717, 1.165) is 36.2 Å². The first-order valence-electron chi connectivity index (χ1n) is 9.60. The number of hydrogen-bond acceptors (Lipinski definition) is 4. The number of nitrogens with two attached hydrogens (primary N) is 1. The van der Waals surface area contributed by atoms with E-state index in [0.29, 0.717) is 0 Å². The summed E-state index contributed by atoms with van der Waals surface area (Å²) in [6.07, 6.45) is 3.89. The second-order valence-electron chi connectivity index (χ2n) is 7.26. The first-order chi connectivity index (χ1) is 14.1. The van der Waals surface area contributed by atoms with E-state index in [1.54, 1.807) is 11.3 Å². The Kier molecular flexibility index (Phi) is 5.74. The van der Waals surface area contributed by atoms with Crippen LogP contribution in [0.5, 0.6) is 0 Å². The molecule has 1 amide bonds. The van der Waals surface area contributed by atoms with Crippen molar-refractivity contribution in [2.24, 2.45) is 5.73 Å². The van der Waals surface area contributed by atoms with E-state index in [4.69, 9.17) is 5.73 Å². The van der Waals surface area contributed by atoms with Crippen LogP contribution in [0.25, 0.3) is 10.9 Å². The third-order valence-electron chi connectivity index (χ3n) is 5.04. The maximum atomic E-state index is 11.5. The summed E-state index contributed by atoms with van der Waals surface area (Å²) in [5.74, 6) is -0.336. The molecule has 0 aliphatic heterocycles. The molecule has 3 aromatic heterocycles. The van der Waals surface area contributed by atoms with Gasteiger partial charge < -0.3 is 10.3 Å². The molecule has 1 aromatic carbocycles. The lowest BCUT2D eigenvalue weighted by molar-refractivity contribution is -0.118. The Morgan fingerprint density at radius 3 is 2.66 bits per heavy atom. The van der Waals surface area contributed by atoms with Crippen LogP contribution >= 0.6 is 11.3 Å². The monoisotopic (exact) mass is 404 g/mol. The fourth-order valence-electron chi connectivity index (χ4n) is 3.65. The molecule has 29 heavy (non-hydrogen) atoms. The van der Waals surface area contributed by atoms with Crippen molar-refractivity contribution in [1.82, 2.24) is 14.5 Å². The number of nitrogens with zero attached hydrogens (tertiary/aromatic N) is 3. The number of primary amides is 1. The molecule has 0 bridgehead atoms. The summed E-state index contributed by atoms with van der Waals surface area (Å²) in [7, 11) is 0. The number of rotatable bonds is 8. The number of carbonyl (C=O) groups excluding carboxylic acids is 1. The summed E-state index contributed by atoms with van der Waals surface area (Å²) in [6, 6.07) is 16.4. The van der Waals surface area contributed by atoms with E-state index in [-0.39, 0.29) is 12.5 Å². The summed E-state index contributed by atoms with van der Waals surface area (Å²) < 4.78 is 1.95. The average Bonchev–Trinajstić information content (AvgIpc) is 3.26. The van der Waals surface area contributed by atoms with Crippen molar-refractivity contribution in [2.75, 3.05) is 0 Å². The Morgan fingerprint density at radius 2 is 1.93 bits per heavy atom. The predicted molar refractivity (Wildman–Crippen MR) is 117 cm³/mol. The van der Waals surface area contributed by atoms with Crippen LogP contribution in [0.15, 0.2) is 66.3 Å². The van der Waals surface area contributed by atoms with E-state index in [9.17, 15) is 4.79 Å². The Balaban J connectivity index is 1.66. The molecular weight excluding hydrogens is 380 g/mol. The van der Waals surface area contributed by atoms with Crippen LogP contribution in [-0.4, -0.2) is 20.4 Å². The van der Waals surface area contributed by atoms with Gasteiger partial charge in [0.05, 0.1) is 5.69 Å². The molecule has 3 heterocycles. The molecule has 5 nitrogen and oxygen atoms in total. The first-order valence-corrected chi connectivity index (χ1v) is 10.5. The molecular formula is C23H24N4OS. The summed E-state index contributed by atoms with van der Waals surface area (Å²) in [5, 5.41) is 3.30. The van der Waals surface area contributed by atoms with Crippen LogP contribution in [0, 0.1) is 6.92 Å². The number of pyridine rings is 1. The molecule has 148 valence electrons. The number of aryl methyl sites for hydroxylation is 1. The minimum atomic E-state index is -0.336. The van der Waals surface area contributed by atoms with Crippen molar-refractivity contribution in [3.8, 4) is 0 Å². The molecule has 0 atom stereocenters. The van der Waals surface area contributed by atoms with Gasteiger partial charge in [-0.05, 0) is 47.7 Å². The third kappa shape index (κ3) is 4.55. The topological polar surface area (TPSA) is 64.2 Å². The van der Waals surface area contributed by atoms with Gasteiger partial charge in [0.2, 0.25) is 5.91 Å². The molecule has 0 spiro atoms. The number of amides is 1. The molecule has 0 unspecified atom stereocenters. The van der Waals surface area contributed by atoms with Gasteiger partial charge >= 0.3 is 0 Å². The zero-order valence-corrected chi connectivity index (χ0v) is 17.2. The van der Waals surface area contributed by atoms with E-state index < -0.39 is 0 Å². The van der Waals surface area contributed by atoms with Crippen molar-refractivity contribution in [3.63, 3.8) is 0 Å². The number of thiophene rings is 1. The fourth-order valence-corrected chi connectivity index (χ4v) is 4.59. The predicted octanol–water partition coefficient (Wildman–Crippen LogP) is 4.09. The average molecular weight is 405 g/mol. The highest BCUT2D eigenvalue weighted by Gasteiger charge is 2.16. The molecule has 0 aliphatic rings. The van der Waals surface area contributed by atoms with Crippen LogP contribution in [0.1, 0.15) is 21.7 Å². The number of aromatic nitrogens is 2. The molecule has 2 N–H and O–H groups in total. The van der Waals surface area contributed by atoms with Crippen molar-refractivity contribution >= 4 is 28.1 Å². The Labute approximate surface area is 174 Å². The van der Waals surface area contributed by atoms with Gasteiger partial charge in [-0.2, -0.15) is 0 Å². The summed E-state index contributed by atoms with van der Waals surface area (Å²) >= 11 is 1.79. The second-order valence-corrected chi connectivity index (χ2v) is 8.26. The summed E-state index contributed by atoms with van der Waals surface area (Å²) in [5.41, 5.74) is 10.0. The molecule has 0 aliphatic carbocycles. The van der Waals surface area contributed by atoms with Gasteiger partial charge in [0.25, 0.3) is 0 Å². The van der Waals surface area contributed by atoms with E-state index in [1.807, 2.05) is 41.1 Å². The van der Waals surface area contributed by atoms with Gasteiger partial charge in [0.15, 0.2) is 0 Å². The molecule has 0 saturated carbocycles. The largest absolute Gasteiger partial charge is 0.368 e. The highest BCUT2D eigenvalue weighted by Crippen LogP contribution is 2.25. The quantitative estimate of drug-likeness (QED) is 0.481. The Morgan fingerprint density at radius 1 is 1.10 bits per heavy atom. The molecule has 6 heteroatoms. The molecule has 4 aromatic rings. The lowest BCUT2D eigenvalue weighted by Gasteiger charge is -2.21. The van der Waals surface area contributed by atoms with Crippen molar-refractivity contribution in [3.05, 3.63) is 88.0 Å². The zero-order chi connectivity index (χ0) is 20.2. The van der Waals surface area contributed by atoms with Crippen LogP contribution in [0.4, 0.5) is 0 Å². The van der Waals surface area contributed by atoms with Gasteiger partial charge in [-0.3, -0.25) is 14.7 Å². The lowest BCUT2D eigenvalue weighted by atomic mass is 10.1. The molecule has 0 radical (unpaired) electrons. The van der Waals surface area contributed by atoms with Crippen LogP contribution in [0.2, 0.25) is 0 Å². The maximum absolute atomic E-state index is 11.5. The minimum absolute atomic E-state index is 0.185. The van der Waals surface area contributed by atoms with Gasteiger partial charge in [-0.25, -0.2) is 0 Å². The highest BCUT2D eigenvalue weighted by atomic mass is 32.1. The highest BCUT2D eigenvalue weighted by molar-refractivity contribution is 7.10. The van der Waals surface area contributed by atoms with Crippen molar-refractivity contribution in [2.45, 2.75) is 33.1 Å². The summed E-state index contributed by atoms with van der Waals surface area (Å²) in [4.78, 5) is 19.8. The number of para-hydroxylation sites is 1. The lowest BCUT2D eigenvalue weighted by Crippen LogP contribution is -2.23. The van der Waals surface area contributed by atoms with Crippen LogP contribution in [0.3, 0.4) is 0 Å². The van der Waals surface area contributed by atoms with Gasteiger partial charge in [-0.15, -0.1) is 11.3 Å². The van der Waals surface area contributed by atoms with Gasteiger partial charge in [0.1, 0.15) is 6.54 Å². The first kappa shape index (κ1) is 19.4. The van der Waals surface area contributed by atoms with Gasteiger partial charge in [0, 0.05) is 47.8 Å². The van der Waals surface area contributed by atoms with Crippen LogP contribution in [-0.2, 0) is 31.0 Å². The maximum Gasteiger partial charge on any atom is 0.237 e. The normalized spacial score (nSPS) is 11.4. The molecule has 0 fully saturated rings. The van der Waals surface area contributed by atoms with Gasteiger partial charge in [-0.1, -0.05) is 24.3 Å². The zero-order valence-electron chi connectivity index (χ0n) is 16.4. The van der Waals surface area contributed by atoms with E-state index >= 15 is 0 Å². The van der Waals surface area contributed by atoms with E-state index in [1.165, 1.54) is 16.0 Å². The number of hydrogen-bond donors (Lipinski definition) is 1. The molecule has 0 saturated heterocycles. The third-order valence-corrected chi connectivity index (χ3v) is 6.05. The standard InChI is InChI=1S/C23H24N4OS/c1-17-9-11-29-22(17)15-26(14-19-6-4-5-10-25-19)12-18-13-27(16-23(24)28)21-8-3-2-7-20(18)21/h2-11,13H,12,14-16H2,1H3,(H2,24,28). The Hall–Kier alpha value is -2.96. The number of carbonyl (C=O) groups is 1.